The highest BCUT2D eigenvalue weighted by atomic mass is 32.1. The Morgan fingerprint density at radius 3 is 2.48 bits per heavy atom. The molecule has 0 aliphatic heterocycles. The van der Waals surface area contributed by atoms with Crippen LogP contribution in [0.25, 0.3) is 16.2 Å². The van der Waals surface area contributed by atoms with Crippen LogP contribution in [0, 0.1) is 0 Å². The molecule has 0 saturated carbocycles. The maximum Gasteiger partial charge on any atom is 0.347 e. The number of imidazole rings is 1. The number of methoxy groups -OCH3 is 2. The van der Waals surface area contributed by atoms with E-state index in [4.69, 9.17) is 14.5 Å². The van der Waals surface area contributed by atoms with Crippen LogP contribution in [0.4, 0.5) is 0 Å². The number of hydrogen-bond donors (Lipinski definition) is 1. The van der Waals surface area contributed by atoms with Crippen molar-refractivity contribution in [2.45, 2.75) is 26.7 Å². The third-order valence-corrected chi connectivity index (χ3v) is 5.26. The van der Waals surface area contributed by atoms with E-state index in [9.17, 15) is 9.90 Å². The van der Waals surface area contributed by atoms with Crippen molar-refractivity contribution in [2.24, 2.45) is 0 Å². The number of carboxylic acids is 1. The number of thiazole rings is 1. The van der Waals surface area contributed by atoms with E-state index in [2.05, 4.69) is 0 Å². The Morgan fingerprint density at radius 2 is 1.92 bits per heavy atom. The average Bonchev–Trinajstić information content (AvgIpc) is 3.16. The van der Waals surface area contributed by atoms with E-state index in [0.717, 1.165) is 34.8 Å². The van der Waals surface area contributed by atoms with Gasteiger partial charge < -0.3 is 14.6 Å². The quantitative estimate of drug-likeness (QED) is 0.722. The Balaban J connectivity index is 2.32. The number of hydrogen-bond acceptors (Lipinski definition) is 5. The van der Waals surface area contributed by atoms with E-state index in [1.54, 1.807) is 14.2 Å². The Hall–Kier alpha value is -2.54. The molecule has 0 atom stereocenters. The molecule has 0 radical (unpaired) electrons. The smallest absolute Gasteiger partial charge is 0.347 e. The number of benzene rings is 1. The van der Waals surface area contributed by atoms with Gasteiger partial charge in [0.25, 0.3) is 0 Å². The molecule has 0 amide bonds. The average molecular weight is 360 g/mol. The first-order valence-corrected chi connectivity index (χ1v) is 8.85. The first kappa shape index (κ1) is 17.3. The van der Waals surface area contributed by atoms with Gasteiger partial charge in [-0.25, -0.2) is 9.78 Å². The van der Waals surface area contributed by atoms with Crippen molar-refractivity contribution in [1.82, 2.24) is 9.38 Å². The molecule has 2 heterocycles. The molecule has 3 rings (SSSR count). The van der Waals surface area contributed by atoms with Crippen molar-refractivity contribution in [1.29, 1.82) is 0 Å². The van der Waals surface area contributed by atoms with Gasteiger partial charge in [0.2, 0.25) is 0 Å². The van der Waals surface area contributed by atoms with Gasteiger partial charge >= 0.3 is 5.97 Å². The van der Waals surface area contributed by atoms with Gasteiger partial charge in [-0.1, -0.05) is 25.2 Å². The van der Waals surface area contributed by atoms with Gasteiger partial charge in [-0.15, -0.1) is 0 Å². The summed E-state index contributed by atoms with van der Waals surface area (Å²) in [6.07, 6.45) is 1.35. The van der Waals surface area contributed by atoms with Crippen LogP contribution in [-0.4, -0.2) is 34.7 Å². The summed E-state index contributed by atoms with van der Waals surface area (Å²) in [5.74, 6) is 0.517. The van der Waals surface area contributed by atoms with E-state index >= 15 is 0 Å². The minimum Gasteiger partial charge on any atom is -0.497 e. The number of aryl methyl sites for hydroxylation is 2. The largest absolute Gasteiger partial charge is 0.497 e. The Morgan fingerprint density at radius 1 is 1.20 bits per heavy atom. The minimum absolute atomic E-state index is 0.351. The molecule has 0 aliphatic rings. The number of rotatable bonds is 6. The molecule has 25 heavy (non-hydrogen) atoms. The highest BCUT2D eigenvalue weighted by Crippen LogP contribution is 2.38. The summed E-state index contributed by atoms with van der Waals surface area (Å²) >= 11 is 1.21. The number of fused-ring (bicyclic) bond motifs is 1. The molecule has 6 nitrogen and oxygen atoms in total. The van der Waals surface area contributed by atoms with Crippen molar-refractivity contribution in [2.75, 3.05) is 14.2 Å². The minimum atomic E-state index is -0.907. The normalized spacial score (nSPS) is 11.0. The van der Waals surface area contributed by atoms with Crippen LogP contribution < -0.4 is 9.47 Å². The van der Waals surface area contributed by atoms with Gasteiger partial charge in [0, 0.05) is 11.3 Å². The van der Waals surface area contributed by atoms with Crippen LogP contribution in [0.15, 0.2) is 18.2 Å². The highest BCUT2D eigenvalue weighted by molar-refractivity contribution is 7.19. The van der Waals surface area contributed by atoms with Crippen LogP contribution in [0.1, 0.15) is 34.9 Å². The standard InChI is InChI=1S/C18H20N2O4S/c1-5-12-15(11-9-10(23-3)7-8-14(11)24-4)19-18-20(12)13(6-2)16(25-18)17(21)22/h7-9H,5-6H2,1-4H3,(H,21,22). The number of ether oxygens (including phenoxy) is 2. The topological polar surface area (TPSA) is 73.1 Å². The fourth-order valence-electron chi connectivity index (χ4n) is 3.06. The zero-order valence-corrected chi connectivity index (χ0v) is 15.4. The molecular formula is C18H20N2O4S. The molecule has 0 saturated heterocycles. The van der Waals surface area contributed by atoms with Crippen LogP contribution in [0.5, 0.6) is 11.5 Å². The van der Waals surface area contributed by atoms with Crippen LogP contribution >= 0.6 is 11.3 Å². The Bertz CT molecular complexity index is 942. The van der Waals surface area contributed by atoms with Crippen molar-refractivity contribution in [3.63, 3.8) is 0 Å². The molecule has 3 aromatic rings. The molecule has 132 valence electrons. The SMILES string of the molecule is CCc1c(-c2cc(OC)ccc2OC)nc2sc(C(=O)O)c(CC)n12. The first-order valence-electron chi connectivity index (χ1n) is 8.04. The summed E-state index contributed by atoms with van der Waals surface area (Å²) in [5, 5.41) is 9.45. The molecule has 7 heteroatoms. The van der Waals surface area contributed by atoms with Gasteiger partial charge in [0.1, 0.15) is 16.4 Å². The summed E-state index contributed by atoms with van der Waals surface area (Å²) in [4.78, 5) is 17.3. The maximum absolute atomic E-state index is 11.5. The lowest BCUT2D eigenvalue weighted by Gasteiger charge is -2.11. The fraction of sp³-hybridized carbons (Fsp3) is 0.333. The molecule has 1 N–H and O–H groups in total. The van der Waals surface area contributed by atoms with E-state index in [1.807, 2.05) is 36.4 Å². The Labute approximate surface area is 149 Å². The molecule has 1 aromatic carbocycles. The second-order valence-electron chi connectivity index (χ2n) is 5.48. The molecule has 0 unspecified atom stereocenters. The fourth-order valence-corrected chi connectivity index (χ4v) is 4.13. The first-order chi connectivity index (χ1) is 12.0. The van der Waals surface area contributed by atoms with Gasteiger partial charge in [-0.3, -0.25) is 4.40 Å². The van der Waals surface area contributed by atoms with E-state index in [0.29, 0.717) is 22.0 Å². The van der Waals surface area contributed by atoms with Crippen LogP contribution in [-0.2, 0) is 12.8 Å². The second-order valence-corrected chi connectivity index (χ2v) is 6.46. The number of aromatic carboxylic acids is 1. The Kier molecular flexibility index (Phi) is 4.67. The summed E-state index contributed by atoms with van der Waals surface area (Å²) in [7, 11) is 3.24. The second kappa shape index (κ2) is 6.76. The molecule has 0 bridgehead atoms. The zero-order valence-electron chi connectivity index (χ0n) is 14.6. The van der Waals surface area contributed by atoms with Crippen LogP contribution in [0.2, 0.25) is 0 Å². The number of carbonyl (C=O) groups is 1. The maximum atomic E-state index is 11.5. The van der Waals surface area contributed by atoms with Crippen molar-refractivity contribution < 1.29 is 19.4 Å². The van der Waals surface area contributed by atoms with Crippen molar-refractivity contribution in [3.8, 4) is 22.8 Å². The summed E-state index contributed by atoms with van der Waals surface area (Å²) in [5.41, 5.74) is 3.40. The third kappa shape index (κ3) is 2.74. The van der Waals surface area contributed by atoms with Gasteiger partial charge in [0.15, 0.2) is 4.96 Å². The third-order valence-electron chi connectivity index (χ3n) is 4.19. The van der Waals surface area contributed by atoms with Gasteiger partial charge in [-0.05, 0) is 31.0 Å². The predicted octanol–water partition coefficient (Wildman–Crippen LogP) is 3.90. The number of aromatic nitrogens is 2. The zero-order chi connectivity index (χ0) is 18.1. The monoisotopic (exact) mass is 360 g/mol. The lowest BCUT2D eigenvalue weighted by molar-refractivity contribution is 0.0700. The number of nitrogens with zero attached hydrogens (tertiary/aromatic N) is 2. The molecule has 0 fully saturated rings. The molecule has 0 spiro atoms. The van der Waals surface area contributed by atoms with Gasteiger partial charge in [0.05, 0.1) is 25.6 Å². The van der Waals surface area contributed by atoms with Crippen LogP contribution in [0.3, 0.4) is 0 Å². The molecule has 0 aliphatic carbocycles. The van der Waals surface area contributed by atoms with Gasteiger partial charge in [-0.2, -0.15) is 0 Å². The highest BCUT2D eigenvalue weighted by Gasteiger charge is 2.24. The lowest BCUT2D eigenvalue weighted by Crippen LogP contribution is -2.03. The van der Waals surface area contributed by atoms with E-state index < -0.39 is 5.97 Å². The van der Waals surface area contributed by atoms with Crippen molar-refractivity contribution >= 4 is 22.3 Å². The van der Waals surface area contributed by atoms with E-state index in [1.165, 1.54) is 11.3 Å². The summed E-state index contributed by atoms with van der Waals surface area (Å²) in [6.45, 7) is 4.00. The number of carboxylic acid groups (broad SMARTS) is 1. The van der Waals surface area contributed by atoms with E-state index in [-0.39, 0.29) is 0 Å². The predicted molar refractivity (Wildman–Crippen MR) is 97.3 cm³/mol. The lowest BCUT2D eigenvalue weighted by atomic mass is 10.1. The van der Waals surface area contributed by atoms with Crippen molar-refractivity contribution in [3.05, 3.63) is 34.5 Å². The molecular weight excluding hydrogens is 340 g/mol. The molecule has 2 aromatic heterocycles. The summed E-state index contributed by atoms with van der Waals surface area (Å²) in [6, 6.07) is 5.59. The summed E-state index contributed by atoms with van der Waals surface area (Å²) < 4.78 is 12.8.